The quantitative estimate of drug-likeness (QED) is 0.583. The summed E-state index contributed by atoms with van der Waals surface area (Å²) >= 11 is 0. The van der Waals surface area contributed by atoms with Crippen molar-refractivity contribution in [2.75, 3.05) is 13.1 Å². The summed E-state index contributed by atoms with van der Waals surface area (Å²) in [4.78, 5) is 12.7. The number of furan rings is 1. The van der Waals surface area contributed by atoms with E-state index in [-0.39, 0.29) is 16.6 Å². The maximum atomic E-state index is 13.8. The van der Waals surface area contributed by atoms with Crippen molar-refractivity contribution in [3.8, 4) is 0 Å². The van der Waals surface area contributed by atoms with Gasteiger partial charge in [0.1, 0.15) is 23.0 Å². The first-order valence-electron chi connectivity index (χ1n) is 10.5. The van der Waals surface area contributed by atoms with E-state index in [0.29, 0.717) is 41.8 Å². The zero-order valence-corrected chi connectivity index (χ0v) is 18.9. The lowest BCUT2D eigenvalue weighted by Crippen LogP contribution is -2.39. The van der Waals surface area contributed by atoms with Gasteiger partial charge in [-0.15, -0.1) is 0 Å². The number of halogens is 3. The fourth-order valence-electron chi connectivity index (χ4n) is 4.08. The minimum absolute atomic E-state index is 0.103. The van der Waals surface area contributed by atoms with Crippen LogP contribution in [0.1, 0.15) is 41.4 Å². The Kier molecular flexibility index (Phi) is 6.24. The summed E-state index contributed by atoms with van der Waals surface area (Å²) in [6, 6.07) is 5.45. The number of fused-ring (bicyclic) bond motifs is 1. The Hall–Kier alpha value is -2.85. The summed E-state index contributed by atoms with van der Waals surface area (Å²) < 4.78 is 74.0. The highest BCUT2D eigenvalue weighted by Gasteiger charge is 2.29. The number of hydrogen-bond donors (Lipinski definition) is 1. The number of sulfonamides is 1. The largest absolute Gasteiger partial charge is 0.451 e. The van der Waals surface area contributed by atoms with Crippen LogP contribution in [0.5, 0.6) is 0 Å². The topological polar surface area (TPSA) is 79.6 Å². The lowest BCUT2D eigenvalue weighted by Gasteiger charge is -2.30. The summed E-state index contributed by atoms with van der Waals surface area (Å²) in [5.41, 5.74) is 0.219. The Balaban J connectivity index is 1.59. The molecule has 0 radical (unpaired) electrons. The first-order chi connectivity index (χ1) is 15.6. The standard InChI is InChI=1S/C23H23F3N2O4S/c1-13-4-3-7-28(12-13)33(30,31)16-5-6-21-17(10-16)14(2)22(32-21)23(29)27-11-18-19(25)8-15(24)9-20(18)26/h5-6,8-10,13H,3-4,7,11-12H2,1-2H3,(H,27,29)/t13-/m1/s1. The highest BCUT2D eigenvalue weighted by atomic mass is 32.2. The first-order valence-corrected chi connectivity index (χ1v) is 12.0. The molecule has 176 valence electrons. The first kappa shape index (κ1) is 23.3. The fraction of sp³-hybridized carbons (Fsp3) is 0.348. The predicted molar refractivity (Wildman–Crippen MR) is 116 cm³/mol. The van der Waals surface area contributed by atoms with Crippen LogP contribution in [-0.4, -0.2) is 31.7 Å². The third-order valence-electron chi connectivity index (χ3n) is 5.90. The van der Waals surface area contributed by atoms with Crippen LogP contribution in [0.25, 0.3) is 11.0 Å². The highest BCUT2D eigenvalue weighted by molar-refractivity contribution is 7.89. The van der Waals surface area contributed by atoms with Gasteiger partial charge in [-0.3, -0.25) is 4.79 Å². The number of hydrogen-bond acceptors (Lipinski definition) is 4. The Bertz CT molecular complexity index is 1310. The number of nitrogens with one attached hydrogen (secondary N) is 1. The number of benzene rings is 2. The number of amides is 1. The van der Waals surface area contributed by atoms with E-state index < -0.39 is 45.5 Å². The molecule has 2 heterocycles. The smallest absolute Gasteiger partial charge is 0.287 e. The number of rotatable bonds is 5. The summed E-state index contributed by atoms with van der Waals surface area (Å²) in [6.07, 6.45) is 1.78. The number of carbonyl (C=O) groups excluding carboxylic acids is 1. The Morgan fingerprint density at radius 2 is 1.88 bits per heavy atom. The molecule has 2 aromatic carbocycles. The minimum Gasteiger partial charge on any atom is -0.451 e. The predicted octanol–water partition coefficient (Wildman–Crippen LogP) is 4.51. The van der Waals surface area contributed by atoms with Crippen molar-refractivity contribution < 1.29 is 30.8 Å². The molecule has 4 rings (SSSR count). The molecule has 33 heavy (non-hydrogen) atoms. The van der Waals surface area contributed by atoms with Gasteiger partial charge in [-0.2, -0.15) is 4.31 Å². The Labute approximate surface area is 189 Å². The molecule has 3 aromatic rings. The van der Waals surface area contributed by atoms with E-state index in [1.165, 1.54) is 22.5 Å². The zero-order chi connectivity index (χ0) is 23.9. The molecule has 0 unspecified atom stereocenters. The van der Waals surface area contributed by atoms with Gasteiger partial charge in [-0.05, 0) is 43.9 Å². The second kappa shape index (κ2) is 8.83. The van der Waals surface area contributed by atoms with Crippen molar-refractivity contribution in [3.05, 3.63) is 64.7 Å². The lowest BCUT2D eigenvalue weighted by atomic mass is 10.0. The molecule has 0 spiro atoms. The van der Waals surface area contributed by atoms with Crippen LogP contribution >= 0.6 is 0 Å². The second-order valence-corrected chi connectivity index (χ2v) is 10.3. The van der Waals surface area contributed by atoms with Gasteiger partial charge in [0.05, 0.1) is 4.90 Å². The third-order valence-corrected chi connectivity index (χ3v) is 7.76. The van der Waals surface area contributed by atoms with Crippen LogP contribution in [0.3, 0.4) is 0 Å². The Morgan fingerprint density at radius 3 is 2.55 bits per heavy atom. The highest BCUT2D eigenvalue weighted by Crippen LogP contribution is 2.30. The van der Waals surface area contributed by atoms with Crippen molar-refractivity contribution >= 4 is 26.9 Å². The molecule has 1 N–H and O–H groups in total. The van der Waals surface area contributed by atoms with E-state index in [1.54, 1.807) is 6.92 Å². The number of piperidine rings is 1. The van der Waals surface area contributed by atoms with Gasteiger partial charge in [0, 0.05) is 48.3 Å². The van der Waals surface area contributed by atoms with Gasteiger partial charge in [0.15, 0.2) is 5.76 Å². The van der Waals surface area contributed by atoms with E-state index in [4.69, 9.17) is 4.42 Å². The van der Waals surface area contributed by atoms with E-state index in [9.17, 15) is 26.4 Å². The van der Waals surface area contributed by atoms with Gasteiger partial charge < -0.3 is 9.73 Å². The van der Waals surface area contributed by atoms with Crippen molar-refractivity contribution in [2.45, 2.75) is 38.1 Å². The number of nitrogens with zero attached hydrogens (tertiary/aromatic N) is 1. The van der Waals surface area contributed by atoms with E-state index in [2.05, 4.69) is 5.32 Å². The maximum absolute atomic E-state index is 13.8. The molecule has 0 aliphatic carbocycles. The molecule has 1 atom stereocenters. The van der Waals surface area contributed by atoms with Crippen LogP contribution < -0.4 is 5.32 Å². The minimum atomic E-state index is -3.70. The van der Waals surface area contributed by atoms with Crippen LogP contribution in [0.4, 0.5) is 13.2 Å². The lowest BCUT2D eigenvalue weighted by molar-refractivity contribution is 0.0923. The Morgan fingerprint density at radius 1 is 1.18 bits per heavy atom. The van der Waals surface area contributed by atoms with Crippen LogP contribution in [0.15, 0.2) is 39.6 Å². The summed E-state index contributed by atoms with van der Waals surface area (Å²) in [5, 5.41) is 2.81. The molecule has 0 saturated carbocycles. The fourth-order valence-corrected chi connectivity index (χ4v) is 5.71. The molecular weight excluding hydrogens is 457 g/mol. The van der Waals surface area contributed by atoms with E-state index in [1.807, 2.05) is 6.92 Å². The van der Waals surface area contributed by atoms with Crippen molar-refractivity contribution in [2.24, 2.45) is 5.92 Å². The van der Waals surface area contributed by atoms with E-state index in [0.717, 1.165) is 12.8 Å². The summed E-state index contributed by atoms with van der Waals surface area (Å²) in [7, 11) is -3.70. The van der Waals surface area contributed by atoms with Crippen molar-refractivity contribution in [3.63, 3.8) is 0 Å². The second-order valence-electron chi connectivity index (χ2n) is 8.36. The normalized spacial score (nSPS) is 17.4. The molecule has 1 saturated heterocycles. The van der Waals surface area contributed by atoms with Gasteiger partial charge in [-0.1, -0.05) is 6.92 Å². The number of carbonyl (C=O) groups is 1. The molecule has 10 heteroatoms. The van der Waals surface area contributed by atoms with Gasteiger partial charge >= 0.3 is 0 Å². The molecule has 1 aliphatic rings. The van der Waals surface area contributed by atoms with Gasteiger partial charge in [0.2, 0.25) is 10.0 Å². The molecule has 1 fully saturated rings. The molecule has 6 nitrogen and oxygen atoms in total. The third kappa shape index (κ3) is 4.49. The molecule has 1 amide bonds. The van der Waals surface area contributed by atoms with Gasteiger partial charge in [-0.25, -0.2) is 21.6 Å². The van der Waals surface area contributed by atoms with Crippen molar-refractivity contribution in [1.82, 2.24) is 9.62 Å². The average Bonchev–Trinajstić information content (AvgIpc) is 3.09. The summed E-state index contributed by atoms with van der Waals surface area (Å²) in [5.74, 6) is -3.85. The van der Waals surface area contributed by atoms with Crippen LogP contribution in [-0.2, 0) is 16.6 Å². The molecule has 1 aliphatic heterocycles. The molecular formula is C23H23F3N2O4S. The SMILES string of the molecule is Cc1c(C(=O)NCc2c(F)cc(F)cc2F)oc2ccc(S(=O)(=O)N3CCC[C@@H](C)C3)cc12. The number of aryl methyl sites for hydroxylation is 1. The zero-order valence-electron chi connectivity index (χ0n) is 18.1. The monoisotopic (exact) mass is 480 g/mol. The molecule has 1 aromatic heterocycles. The van der Waals surface area contributed by atoms with Crippen LogP contribution in [0.2, 0.25) is 0 Å². The summed E-state index contributed by atoms with van der Waals surface area (Å²) in [6.45, 7) is 4.01. The van der Waals surface area contributed by atoms with E-state index >= 15 is 0 Å². The van der Waals surface area contributed by atoms with Gasteiger partial charge in [0.25, 0.3) is 5.91 Å². The van der Waals surface area contributed by atoms with Crippen LogP contribution in [0, 0.1) is 30.3 Å². The average molecular weight is 481 g/mol. The van der Waals surface area contributed by atoms with Crippen molar-refractivity contribution in [1.29, 1.82) is 0 Å². The maximum Gasteiger partial charge on any atom is 0.287 e. The molecule has 0 bridgehead atoms.